The molecule has 0 N–H and O–H groups in total. The molecule has 0 saturated carbocycles. The Bertz CT molecular complexity index is 1920. The molecule has 320 valence electrons. The molecule has 0 fully saturated rings. The molecule has 0 atom stereocenters. The number of carbonyl (C=O) groups is 4. The van der Waals surface area contributed by atoms with Crippen molar-refractivity contribution in [2.75, 3.05) is 13.2 Å². The molecule has 0 aromatic heterocycles. The van der Waals surface area contributed by atoms with E-state index in [9.17, 15) is 19.2 Å². The van der Waals surface area contributed by atoms with Crippen LogP contribution in [0.5, 0.6) is 0 Å². The van der Waals surface area contributed by atoms with Gasteiger partial charge in [-0.15, -0.1) is 0 Å². The van der Waals surface area contributed by atoms with Gasteiger partial charge in [-0.2, -0.15) is 0 Å². The van der Waals surface area contributed by atoms with Gasteiger partial charge in [0.05, 0.1) is 13.2 Å². The number of hydrogen-bond acceptors (Lipinski definition) is 8. The molecule has 0 aliphatic rings. The highest BCUT2D eigenvalue weighted by Crippen LogP contribution is 2.45. The first-order chi connectivity index (χ1) is 28.9. The predicted octanol–water partition coefficient (Wildman–Crippen LogP) is 11.5. The van der Waals surface area contributed by atoms with Gasteiger partial charge in [-0.1, -0.05) is 148 Å². The number of allylic oxidation sites excluding steroid dienone is 4. The molecule has 4 rings (SSSR count). The summed E-state index contributed by atoms with van der Waals surface area (Å²) in [5.74, 6) is -3.22. The van der Waals surface area contributed by atoms with E-state index in [1.165, 1.54) is 0 Å². The zero-order valence-electron chi connectivity index (χ0n) is 36.6. The van der Waals surface area contributed by atoms with Gasteiger partial charge in [-0.25, -0.2) is 0 Å². The lowest BCUT2D eigenvalue weighted by molar-refractivity contribution is -0.189. The standard InChI is InChI=1S/C53H60O8/c1-11-58-46(54)52(33-38(3)42-25-17-13-18-26-42,34-39(4)43-27-19-14-20-28-43)48(56)60-50(7,8)37-51(9,10)61-49(57)53(47(55)59-12-2,35-40(5)44-29-21-15-22-30-44)36-41(6)45-31-23-16-24-32-45/h13-32H,3-6,11-12,33-37H2,1-2,7-10H3. The second-order valence-electron chi connectivity index (χ2n) is 16.7. The highest BCUT2D eigenvalue weighted by Gasteiger charge is 2.54. The van der Waals surface area contributed by atoms with E-state index in [0.717, 1.165) is 22.3 Å². The molecule has 0 saturated heterocycles. The van der Waals surface area contributed by atoms with Crippen molar-refractivity contribution in [2.24, 2.45) is 10.8 Å². The van der Waals surface area contributed by atoms with Crippen LogP contribution in [-0.2, 0) is 38.1 Å². The number of rotatable bonds is 22. The molecule has 61 heavy (non-hydrogen) atoms. The second kappa shape index (κ2) is 20.8. The van der Waals surface area contributed by atoms with Crippen LogP contribution in [0.1, 0.15) is 95.9 Å². The van der Waals surface area contributed by atoms with Crippen LogP contribution in [0, 0.1) is 10.8 Å². The molecule has 0 unspecified atom stereocenters. The summed E-state index contributed by atoms with van der Waals surface area (Å²) in [6.07, 6.45) is -0.504. The fraction of sp³-hybridized carbons (Fsp3) is 0.321. The highest BCUT2D eigenvalue weighted by atomic mass is 16.6. The average molecular weight is 825 g/mol. The summed E-state index contributed by atoms with van der Waals surface area (Å²) in [5.41, 5.74) is -1.34. The maximum Gasteiger partial charge on any atom is 0.324 e. The lowest BCUT2D eigenvalue weighted by atomic mass is 9.74. The van der Waals surface area contributed by atoms with E-state index in [4.69, 9.17) is 18.9 Å². The minimum atomic E-state index is -1.89. The Balaban J connectivity index is 1.71. The lowest BCUT2D eigenvalue weighted by Crippen LogP contribution is -2.49. The summed E-state index contributed by atoms with van der Waals surface area (Å²) in [6, 6.07) is 37.2. The van der Waals surface area contributed by atoms with Crippen LogP contribution in [0.2, 0.25) is 0 Å². The summed E-state index contributed by atoms with van der Waals surface area (Å²) < 4.78 is 23.9. The van der Waals surface area contributed by atoms with Crippen LogP contribution < -0.4 is 0 Å². The molecule has 0 heterocycles. The largest absolute Gasteiger partial charge is 0.465 e. The van der Waals surface area contributed by atoms with Crippen molar-refractivity contribution in [2.45, 2.75) is 84.8 Å². The number of ether oxygens (including phenoxy) is 4. The third-order valence-corrected chi connectivity index (χ3v) is 10.5. The first kappa shape index (κ1) is 47.4. The van der Waals surface area contributed by atoms with Crippen LogP contribution in [0.4, 0.5) is 0 Å². The highest BCUT2D eigenvalue weighted by molar-refractivity contribution is 6.04. The van der Waals surface area contributed by atoms with E-state index in [1.807, 2.05) is 121 Å². The summed E-state index contributed by atoms with van der Waals surface area (Å²) >= 11 is 0. The van der Waals surface area contributed by atoms with Gasteiger partial charge in [0.1, 0.15) is 11.2 Å². The molecule has 0 radical (unpaired) electrons. The molecular weight excluding hydrogens is 765 g/mol. The van der Waals surface area contributed by atoms with Gasteiger partial charge >= 0.3 is 23.9 Å². The van der Waals surface area contributed by atoms with Gasteiger partial charge in [0.15, 0.2) is 10.8 Å². The molecule has 0 bridgehead atoms. The quantitative estimate of drug-likeness (QED) is 0.0438. The molecular formula is C53H60O8. The zero-order valence-corrected chi connectivity index (χ0v) is 36.6. The molecule has 8 nitrogen and oxygen atoms in total. The van der Waals surface area contributed by atoms with Crippen molar-refractivity contribution in [3.63, 3.8) is 0 Å². The molecule has 8 heteroatoms. The van der Waals surface area contributed by atoms with Gasteiger partial charge < -0.3 is 18.9 Å². The maximum absolute atomic E-state index is 14.9. The van der Waals surface area contributed by atoms with Gasteiger partial charge in [-0.3, -0.25) is 19.2 Å². The maximum atomic E-state index is 14.9. The van der Waals surface area contributed by atoms with Crippen molar-refractivity contribution < 1.29 is 38.1 Å². The van der Waals surface area contributed by atoms with E-state index < -0.39 is 45.9 Å². The zero-order chi connectivity index (χ0) is 44.8. The first-order valence-corrected chi connectivity index (χ1v) is 20.6. The molecule has 0 amide bonds. The topological polar surface area (TPSA) is 105 Å². The Kier molecular flexibility index (Phi) is 16.2. The van der Waals surface area contributed by atoms with Crippen molar-refractivity contribution in [1.82, 2.24) is 0 Å². The van der Waals surface area contributed by atoms with E-state index >= 15 is 0 Å². The Morgan fingerprint density at radius 3 is 0.852 bits per heavy atom. The van der Waals surface area contributed by atoms with E-state index in [-0.39, 0.29) is 45.3 Å². The number of benzene rings is 4. The molecule has 0 aliphatic carbocycles. The lowest BCUT2D eigenvalue weighted by Gasteiger charge is -2.40. The van der Waals surface area contributed by atoms with Crippen molar-refractivity contribution >= 4 is 46.2 Å². The third kappa shape index (κ3) is 12.4. The summed E-state index contributed by atoms with van der Waals surface area (Å²) in [6.45, 7) is 27.2. The Labute approximate surface area is 362 Å². The van der Waals surface area contributed by atoms with Crippen molar-refractivity contribution in [1.29, 1.82) is 0 Å². The summed E-state index contributed by atoms with van der Waals surface area (Å²) in [7, 11) is 0. The SMILES string of the molecule is C=C(CC(CC(=C)c1ccccc1)(C(=O)OCC)C(=O)OC(C)(C)CC(C)(C)OC(=O)C(CC(=C)c1ccccc1)(CC(=C)c1ccccc1)C(=O)OCC)c1ccccc1. The minimum Gasteiger partial charge on any atom is -0.465 e. The Morgan fingerprint density at radius 2 is 0.639 bits per heavy atom. The fourth-order valence-electron chi connectivity index (χ4n) is 7.76. The van der Waals surface area contributed by atoms with Gasteiger partial charge in [-0.05, 0) is 112 Å². The fourth-order valence-corrected chi connectivity index (χ4v) is 7.76. The summed E-state index contributed by atoms with van der Waals surface area (Å²) in [4.78, 5) is 58.2. The Hall–Kier alpha value is -6.28. The van der Waals surface area contributed by atoms with Gasteiger partial charge in [0, 0.05) is 6.42 Å². The minimum absolute atomic E-state index is 0.0193. The molecule has 0 spiro atoms. The van der Waals surface area contributed by atoms with Crippen molar-refractivity contribution in [3.05, 3.63) is 170 Å². The smallest absolute Gasteiger partial charge is 0.324 e. The van der Waals surface area contributed by atoms with Crippen LogP contribution >= 0.6 is 0 Å². The van der Waals surface area contributed by atoms with Crippen LogP contribution in [0.25, 0.3) is 22.3 Å². The number of hydrogen-bond donors (Lipinski definition) is 0. The second-order valence-corrected chi connectivity index (χ2v) is 16.7. The van der Waals surface area contributed by atoms with E-state index in [1.54, 1.807) is 41.5 Å². The van der Waals surface area contributed by atoms with Crippen LogP contribution in [0.15, 0.2) is 148 Å². The monoisotopic (exact) mass is 824 g/mol. The Morgan fingerprint density at radius 1 is 0.410 bits per heavy atom. The molecule has 4 aromatic rings. The normalized spacial score (nSPS) is 11.8. The van der Waals surface area contributed by atoms with E-state index in [2.05, 4.69) is 26.3 Å². The number of carbonyl (C=O) groups excluding carboxylic acids is 4. The third-order valence-electron chi connectivity index (χ3n) is 10.5. The molecule has 4 aromatic carbocycles. The van der Waals surface area contributed by atoms with Crippen molar-refractivity contribution in [3.8, 4) is 0 Å². The van der Waals surface area contributed by atoms with Gasteiger partial charge in [0.25, 0.3) is 0 Å². The first-order valence-electron chi connectivity index (χ1n) is 20.6. The predicted molar refractivity (Wildman–Crippen MR) is 243 cm³/mol. The summed E-state index contributed by atoms with van der Waals surface area (Å²) in [5, 5.41) is 0. The van der Waals surface area contributed by atoms with Crippen LogP contribution in [0.3, 0.4) is 0 Å². The van der Waals surface area contributed by atoms with Gasteiger partial charge in [0.2, 0.25) is 0 Å². The molecule has 0 aliphatic heterocycles. The number of esters is 4. The van der Waals surface area contributed by atoms with Crippen LogP contribution in [-0.4, -0.2) is 48.3 Å². The average Bonchev–Trinajstić information content (AvgIpc) is 3.23. The van der Waals surface area contributed by atoms with E-state index in [0.29, 0.717) is 22.3 Å².